The molecule has 1 aromatic heterocycles. The molecule has 2 aromatic rings. The van der Waals surface area contributed by atoms with Gasteiger partial charge in [-0.2, -0.15) is 0 Å². The third-order valence-electron chi connectivity index (χ3n) is 3.72. The molecule has 112 valence electrons. The predicted molar refractivity (Wildman–Crippen MR) is 86.4 cm³/mol. The van der Waals surface area contributed by atoms with E-state index >= 15 is 0 Å². The maximum atomic E-state index is 9.51. The van der Waals surface area contributed by atoms with E-state index in [4.69, 9.17) is 11.6 Å². The van der Waals surface area contributed by atoms with E-state index < -0.39 is 0 Å². The molecule has 4 heteroatoms. The van der Waals surface area contributed by atoms with Gasteiger partial charge in [-0.3, -0.25) is 9.88 Å². The first-order chi connectivity index (χ1) is 10.1. The van der Waals surface area contributed by atoms with E-state index in [-0.39, 0.29) is 5.75 Å². The number of pyridine rings is 1. The summed E-state index contributed by atoms with van der Waals surface area (Å²) in [6.07, 6.45) is 4.77. The summed E-state index contributed by atoms with van der Waals surface area (Å²) in [7, 11) is 0. The number of halogens is 1. The zero-order chi connectivity index (χ0) is 15.2. The molecule has 1 heterocycles. The van der Waals surface area contributed by atoms with Gasteiger partial charge in [-0.15, -0.1) is 0 Å². The number of benzene rings is 1. The Balaban J connectivity index is 2.14. The second-order valence-electron chi connectivity index (χ2n) is 5.31. The third kappa shape index (κ3) is 4.45. The maximum absolute atomic E-state index is 9.51. The highest BCUT2D eigenvalue weighted by Gasteiger charge is 2.14. The predicted octanol–water partition coefficient (Wildman–Crippen LogP) is 4.24. The molecule has 0 saturated carbocycles. The van der Waals surface area contributed by atoms with Gasteiger partial charge in [0.2, 0.25) is 0 Å². The van der Waals surface area contributed by atoms with Crippen LogP contribution in [0.25, 0.3) is 0 Å². The molecule has 0 amide bonds. The fourth-order valence-corrected chi connectivity index (χ4v) is 2.44. The van der Waals surface area contributed by atoms with Crippen LogP contribution in [0.3, 0.4) is 0 Å². The van der Waals surface area contributed by atoms with Crippen LogP contribution in [0.5, 0.6) is 5.75 Å². The number of aromatic hydroxyl groups is 1. The smallest absolute Gasteiger partial charge is 0.134 e. The van der Waals surface area contributed by atoms with Crippen LogP contribution in [0.1, 0.15) is 31.4 Å². The van der Waals surface area contributed by atoms with Crippen molar-refractivity contribution in [3.63, 3.8) is 0 Å². The second kappa shape index (κ2) is 7.43. The molecule has 21 heavy (non-hydrogen) atoms. The number of hydrogen-bond acceptors (Lipinski definition) is 3. The average molecular weight is 305 g/mol. The molecule has 0 bridgehead atoms. The lowest BCUT2D eigenvalue weighted by Gasteiger charge is -2.28. The standard InChI is InChI=1S/C17H21ClN2O/c1-3-13(2)20(12-15-5-4-8-19-10-15)11-14-6-7-17(21)16(18)9-14/h4-10,13,21H,3,11-12H2,1-2H3/t13-/m1/s1. The molecule has 0 aliphatic heterocycles. The SMILES string of the molecule is CC[C@@H](C)N(Cc1cccnc1)Cc1ccc(O)c(Cl)c1. The molecule has 0 aliphatic rings. The minimum atomic E-state index is 0.128. The van der Waals surface area contributed by atoms with Crippen LogP contribution in [0.4, 0.5) is 0 Å². The summed E-state index contributed by atoms with van der Waals surface area (Å²) in [5.74, 6) is 0.128. The van der Waals surface area contributed by atoms with Gasteiger partial charge in [-0.1, -0.05) is 30.7 Å². The van der Waals surface area contributed by atoms with Crippen molar-refractivity contribution >= 4 is 11.6 Å². The Kier molecular flexibility index (Phi) is 5.59. The van der Waals surface area contributed by atoms with Crippen molar-refractivity contribution in [2.75, 3.05) is 0 Å². The summed E-state index contributed by atoms with van der Waals surface area (Å²) < 4.78 is 0. The first-order valence-corrected chi connectivity index (χ1v) is 7.58. The Hall–Kier alpha value is -1.58. The molecule has 1 N–H and O–H groups in total. The normalized spacial score (nSPS) is 12.6. The van der Waals surface area contributed by atoms with Gasteiger partial charge in [0.25, 0.3) is 0 Å². The zero-order valence-corrected chi connectivity index (χ0v) is 13.2. The molecule has 2 rings (SSSR count). The topological polar surface area (TPSA) is 36.4 Å². The van der Waals surface area contributed by atoms with E-state index in [1.54, 1.807) is 12.3 Å². The molecule has 0 fully saturated rings. The van der Waals surface area contributed by atoms with Gasteiger partial charge in [0.15, 0.2) is 0 Å². The number of rotatable bonds is 6. The molecule has 1 aromatic carbocycles. The molecule has 0 saturated heterocycles. The second-order valence-corrected chi connectivity index (χ2v) is 5.72. The molecular weight excluding hydrogens is 284 g/mol. The van der Waals surface area contributed by atoms with Gasteiger partial charge in [0.05, 0.1) is 5.02 Å². The Morgan fingerprint density at radius 2 is 2.00 bits per heavy atom. The lowest BCUT2D eigenvalue weighted by molar-refractivity contribution is 0.186. The Labute approximate surface area is 131 Å². The van der Waals surface area contributed by atoms with E-state index in [2.05, 4.69) is 29.8 Å². The van der Waals surface area contributed by atoms with E-state index in [1.807, 2.05) is 24.4 Å². The third-order valence-corrected chi connectivity index (χ3v) is 4.02. The van der Waals surface area contributed by atoms with Crippen molar-refractivity contribution < 1.29 is 5.11 Å². The van der Waals surface area contributed by atoms with Gasteiger partial charge in [0.1, 0.15) is 5.75 Å². The molecule has 0 radical (unpaired) electrons. The van der Waals surface area contributed by atoms with E-state index in [0.717, 1.165) is 25.1 Å². The van der Waals surface area contributed by atoms with Crippen molar-refractivity contribution in [2.24, 2.45) is 0 Å². The van der Waals surface area contributed by atoms with Crippen LogP contribution in [0.2, 0.25) is 5.02 Å². The highest BCUT2D eigenvalue weighted by Crippen LogP contribution is 2.25. The van der Waals surface area contributed by atoms with Gasteiger partial charge < -0.3 is 5.11 Å². The van der Waals surface area contributed by atoms with Crippen molar-refractivity contribution in [3.8, 4) is 5.75 Å². The maximum Gasteiger partial charge on any atom is 0.134 e. The van der Waals surface area contributed by atoms with Crippen molar-refractivity contribution in [3.05, 3.63) is 58.9 Å². The van der Waals surface area contributed by atoms with Crippen LogP contribution < -0.4 is 0 Å². The molecule has 0 unspecified atom stereocenters. The van der Waals surface area contributed by atoms with Gasteiger partial charge in [0, 0.05) is 31.5 Å². The summed E-state index contributed by atoms with van der Waals surface area (Å²) in [6, 6.07) is 9.90. The molecule has 0 spiro atoms. The summed E-state index contributed by atoms with van der Waals surface area (Å²) in [5.41, 5.74) is 2.30. The van der Waals surface area contributed by atoms with Gasteiger partial charge >= 0.3 is 0 Å². The quantitative estimate of drug-likeness (QED) is 0.867. The largest absolute Gasteiger partial charge is 0.506 e. The highest BCUT2D eigenvalue weighted by atomic mass is 35.5. The van der Waals surface area contributed by atoms with Crippen LogP contribution >= 0.6 is 11.6 Å². The van der Waals surface area contributed by atoms with Crippen LogP contribution in [-0.2, 0) is 13.1 Å². The minimum absolute atomic E-state index is 0.128. The van der Waals surface area contributed by atoms with Gasteiger partial charge in [-0.05, 0) is 42.7 Å². The Bertz CT molecular complexity index is 574. The van der Waals surface area contributed by atoms with E-state index in [0.29, 0.717) is 11.1 Å². The minimum Gasteiger partial charge on any atom is -0.506 e. The summed E-state index contributed by atoms with van der Waals surface area (Å²) in [5, 5.41) is 9.92. The highest BCUT2D eigenvalue weighted by molar-refractivity contribution is 6.32. The lowest BCUT2D eigenvalue weighted by Crippen LogP contribution is -2.31. The number of hydrogen-bond donors (Lipinski definition) is 1. The number of aromatic nitrogens is 1. The monoisotopic (exact) mass is 304 g/mol. The molecule has 0 aliphatic carbocycles. The number of phenols is 1. The van der Waals surface area contributed by atoms with Crippen LogP contribution in [0, 0.1) is 0 Å². The summed E-state index contributed by atoms with van der Waals surface area (Å²) in [6.45, 7) is 6.05. The fourth-order valence-electron chi connectivity index (χ4n) is 2.24. The summed E-state index contributed by atoms with van der Waals surface area (Å²) in [4.78, 5) is 6.56. The molecule has 1 atom stereocenters. The first kappa shape index (κ1) is 15.8. The lowest BCUT2D eigenvalue weighted by atomic mass is 10.1. The number of nitrogens with zero attached hydrogens (tertiary/aromatic N) is 2. The Morgan fingerprint density at radius 3 is 2.62 bits per heavy atom. The molecular formula is C17H21ClN2O. The van der Waals surface area contributed by atoms with Crippen molar-refractivity contribution in [1.82, 2.24) is 9.88 Å². The van der Waals surface area contributed by atoms with Crippen molar-refractivity contribution in [2.45, 2.75) is 39.4 Å². The van der Waals surface area contributed by atoms with Gasteiger partial charge in [-0.25, -0.2) is 0 Å². The Morgan fingerprint density at radius 1 is 1.24 bits per heavy atom. The van der Waals surface area contributed by atoms with Crippen LogP contribution in [-0.4, -0.2) is 21.0 Å². The zero-order valence-electron chi connectivity index (χ0n) is 12.5. The summed E-state index contributed by atoms with van der Waals surface area (Å²) >= 11 is 5.99. The average Bonchev–Trinajstić information content (AvgIpc) is 2.50. The number of phenolic OH excluding ortho intramolecular Hbond substituents is 1. The van der Waals surface area contributed by atoms with Crippen molar-refractivity contribution in [1.29, 1.82) is 0 Å². The fraction of sp³-hybridized carbons (Fsp3) is 0.353. The first-order valence-electron chi connectivity index (χ1n) is 7.20. The van der Waals surface area contributed by atoms with E-state index in [9.17, 15) is 5.11 Å². The van der Waals surface area contributed by atoms with E-state index in [1.165, 1.54) is 5.56 Å². The van der Waals surface area contributed by atoms with Crippen LogP contribution in [0.15, 0.2) is 42.7 Å². The molecule has 3 nitrogen and oxygen atoms in total.